The number of halogens is 1. The van der Waals surface area contributed by atoms with Crippen molar-refractivity contribution in [1.29, 1.82) is 0 Å². The minimum absolute atomic E-state index is 0.174. The molecule has 104 valence electrons. The third-order valence-electron chi connectivity index (χ3n) is 2.38. The molecule has 2 rings (SSSR count). The predicted octanol–water partition coefficient (Wildman–Crippen LogP) is 1.80. The summed E-state index contributed by atoms with van der Waals surface area (Å²) in [7, 11) is 0. The van der Waals surface area contributed by atoms with Crippen molar-refractivity contribution >= 4 is 35.0 Å². The number of oxime groups is 1. The normalized spacial score (nSPS) is 11.2. The molecular weight excluding hydrogens is 284 g/mol. The molecule has 0 aliphatic heterocycles. The molecule has 0 bridgehead atoms. The van der Waals surface area contributed by atoms with Crippen molar-refractivity contribution < 1.29 is 10.0 Å². The number of anilines is 2. The maximum absolute atomic E-state index is 11.8. The zero-order chi connectivity index (χ0) is 14.5. The van der Waals surface area contributed by atoms with Crippen molar-refractivity contribution in [2.24, 2.45) is 10.9 Å². The van der Waals surface area contributed by atoms with Gasteiger partial charge >= 0.3 is 6.03 Å². The number of aromatic nitrogens is 2. The maximum Gasteiger partial charge on any atom is 0.324 e. The van der Waals surface area contributed by atoms with Gasteiger partial charge in [0.25, 0.3) is 0 Å². The van der Waals surface area contributed by atoms with Crippen LogP contribution in [0, 0.1) is 0 Å². The van der Waals surface area contributed by atoms with E-state index in [-0.39, 0.29) is 17.2 Å². The van der Waals surface area contributed by atoms with E-state index in [1.165, 1.54) is 6.20 Å². The summed E-state index contributed by atoms with van der Waals surface area (Å²) in [5, 5.41) is 23.1. The summed E-state index contributed by atoms with van der Waals surface area (Å²) in [5.74, 6) is 0.0247. The summed E-state index contributed by atoms with van der Waals surface area (Å²) in [4.78, 5) is 11.8. The van der Waals surface area contributed by atoms with Crippen LogP contribution in [-0.4, -0.2) is 27.3 Å². The van der Waals surface area contributed by atoms with Gasteiger partial charge in [-0.05, 0) is 12.1 Å². The van der Waals surface area contributed by atoms with Crippen molar-refractivity contribution in [2.75, 3.05) is 10.6 Å². The lowest BCUT2D eigenvalue weighted by molar-refractivity contribution is 0.262. The van der Waals surface area contributed by atoms with E-state index in [1.807, 2.05) is 0 Å². The van der Waals surface area contributed by atoms with Gasteiger partial charge in [-0.2, -0.15) is 5.10 Å². The Bertz CT molecular complexity index is 654. The Kier molecular flexibility index (Phi) is 4.06. The van der Waals surface area contributed by atoms with Gasteiger partial charge in [0, 0.05) is 0 Å². The quantitative estimate of drug-likeness (QED) is 0.256. The van der Waals surface area contributed by atoms with Crippen LogP contribution in [-0.2, 0) is 0 Å². The number of hydrogen-bond donors (Lipinski definition) is 5. The Morgan fingerprint density at radius 2 is 2.15 bits per heavy atom. The molecule has 0 aliphatic rings. The van der Waals surface area contributed by atoms with Crippen LogP contribution in [0.2, 0.25) is 5.02 Å². The number of nitrogens with zero attached hydrogens (tertiary/aromatic N) is 2. The Morgan fingerprint density at radius 1 is 1.40 bits per heavy atom. The molecular formula is C11H11ClN6O2. The van der Waals surface area contributed by atoms with Crippen molar-refractivity contribution in [3.8, 4) is 0 Å². The van der Waals surface area contributed by atoms with Crippen LogP contribution in [0.25, 0.3) is 0 Å². The molecule has 0 atom stereocenters. The topological polar surface area (TPSA) is 128 Å². The fourth-order valence-electron chi connectivity index (χ4n) is 1.46. The first-order valence-corrected chi connectivity index (χ1v) is 5.83. The summed E-state index contributed by atoms with van der Waals surface area (Å²) < 4.78 is 0. The van der Waals surface area contributed by atoms with E-state index in [2.05, 4.69) is 26.0 Å². The minimum Gasteiger partial charge on any atom is -0.409 e. The molecule has 0 saturated heterocycles. The smallest absolute Gasteiger partial charge is 0.324 e. The Balaban J connectivity index is 2.10. The van der Waals surface area contributed by atoms with E-state index in [1.54, 1.807) is 24.3 Å². The van der Waals surface area contributed by atoms with E-state index in [9.17, 15) is 4.79 Å². The highest BCUT2D eigenvalue weighted by Crippen LogP contribution is 2.20. The molecule has 0 aliphatic carbocycles. The molecule has 0 saturated carbocycles. The molecule has 1 aromatic heterocycles. The monoisotopic (exact) mass is 294 g/mol. The van der Waals surface area contributed by atoms with Crippen LogP contribution in [0.15, 0.2) is 35.6 Å². The highest BCUT2D eigenvalue weighted by Gasteiger charge is 2.13. The van der Waals surface area contributed by atoms with Gasteiger partial charge in [0.05, 0.1) is 22.5 Å². The molecule has 0 spiro atoms. The molecule has 0 fully saturated rings. The summed E-state index contributed by atoms with van der Waals surface area (Å²) in [5.41, 5.74) is 6.16. The number of carbonyl (C=O) groups is 1. The van der Waals surface area contributed by atoms with E-state index in [4.69, 9.17) is 22.5 Å². The molecule has 9 heteroatoms. The van der Waals surface area contributed by atoms with E-state index in [0.717, 1.165) is 0 Å². The van der Waals surface area contributed by atoms with Crippen LogP contribution < -0.4 is 16.4 Å². The lowest BCUT2D eigenvalue weighted by Crippen LogP contribution is -2.22. The fourth-order valence-corrected chi connectivity index (χ4v) is 1.64. The third kappa shape index (κ3) is 2.98. The van der Waals surface area contributed by atoms with Crippen LogP contribution in [0.1, 0.15) is 5.56 Å². The second-order valence-corrected chi connectivity index (χ2v) is 4.11. The van der Waals surface area contributed by atoms with Gasteiger partial charge in [-0.1, -0.05) is 28.9 Å². The largest absolute Gasteiger partial charge is 0.409 e. The van der Waals surface area contributed by atoms with Gasteiger partial charge in [0.2, 0.25) is 0 Å². The first-order chi connectivity index (χ1) is 9.61. The molecule has 0 radical (unpaired) electrons. The SMILES string of the molecule is NC(=NO)c1cn[nH]c1NC(=O)Nc1ccccc1Cl. The number of aromatic amines is 1. The highest BCUT2D eigenvalue weighted by atomic mass is 35.5. The molecule has 2 aromatic rings. The Morgan fingerprint density at radius 3 is 2.85 bits per heavy atom. The number of carbonyl (C=O) groups excluding carboxylic acids is 1. The third-order valence-corrected chi connectivity index (χ3v) is 2.71. The second-order valence-electron chi connectivity index (χ2n) is 3.70. The van der Waals surface area contributed by atoms with Crippen molar-refractivity contribution in [3.05, 3.63) is 41.0 Å². The number of urea groups is 1. The number of amidine groups is 1. The van der Waals surface area contributed by atoms with Crippen molar-refractivity contribution in [1.82, 2.24) is 10.2 Å². The van der Waals surface area contributed by atoms with Crippen LogP contribution >= 0.6 is 11.6 Å². The lowest BCUT2D eigenvalue weighted by Gasteiger charge is -2.08. The van der Waals surface area contributed by atoms with Gasteiger partial charge in [-0.15, -0.1) is 0 Å². The zero-order valence-electron chi connectivity index (χ0n) is 10.1. The standard InChI is InChI=1S/C11H11ClN6O2/c12-7-3-1-2-4-8(7)15-11(19)16-10-6(5-14-17-10)9(13)18-20/h1-5,20H,(H2,13,18)(H3,14,15,16,17,19). The van der Waals surface area contributed by atoms with Crippen molar-refractivity contribution in [2.45, 2.75) is 0 Å². The van der Waals surface area contributed by atoms with Crippen LogP contribution in [0.3, 0.4) is 0 Å². The number of amides is 2. The first-order valence-electron chi connectivity index (χ1n) is 5.45. The number of nitrogens with one attached hydrogen (secondary N) is 3. The molecule has 20 heavy (non-hydrogen) atoms. The minimum atomic E-state index is -0.547. The van der Waals surface area contributed by atoms with E-state index >= 15 is 0 Å². The molecule has 2 amide bonds. The highest BCUT2D eigenvalue weighted by molar-refractivity contribution is 6.33. The van der Waals surface area contributed by atoms with Gasteiger partial charge in [-0.25, -0.2) is 4.79 Å². The molecule has 1 heterocycles. The number of H-pyrrole nitrogens is 1. The van der Waals surface area contributed by atoms with E-state index in [0.29, 0.717) is 10.7 Å². The Labute approximate surface area is 118 Å². The molecule has 0 unspecified atom stereocenters. The molecule has 6 N–H and O–H groups in total. The van der Waals surface area contributed by atoms with Crippen molar-refractivity contribution in [3.63, 3.8) is 0 Å². The van der Waals surface area contributed by atoms with Crippen LogP contribution in [0.5, 0.6) is 0 Å². The average molecular weight is 295 g/mol. The van der Waals surface area contributed by atoms with Crippen LogP contribution in [0.4, 0.5) is 16.3 Å². The number of nitrogens with two attached hydrogens (primary N) is 1. The second kappa shape index (κ2) is 5.93. The predicted molar refractivity (Wildman–Crippen MR) is 75.2 cm³/mol. The maximum atomic E-state index is 11.8. The number of benzene rings is 1. The lowest BCUT2D eigenvalue weighted by atomic mass is 10.3. The summed E-state index contributed by atoms with van der Waals surface area (Å²) >= 11 is 5.92. The zero-order valence-corrected chi connectivity index (χ0v) is 10.8. The van der Waals surface area contributed by atoms with Gasteiger partial charge < -0.3 is 16.3 Å². The number of hydrogen-bond acceptors (Lipinski definition) is 4. The van der Waals surface area contributed by atoms with E-state index < -0.39 is 6.03 Å². The fraction of sp³-hybridized carbons (Fsp3) is 0. The average Bonchev–Trinajstić information content (AvgIpc) is 2.88. The summed E-state index contributed by atoms with van der Waals surface area (Å²) in [6, 6.07) is 6.24. The number of rotatable bonds is 3. The summed E-state index contributed by atoms with van der Waals surface area (Å²) in [6.45, 7) is 0. The number of para-hydroxylation sites is 1. The van der Waals surface area contributed by atoms with Gasteiger partial charge in [-0.3, -0.25) is 10.4 Å². The summed E-state index contributed by atoms with van der Waals surface area (Å²) in [6.07, 6.45) is 1.32. The molecule has 1 aromatic carbocycles. The Hall–Kier alpha value is -2.74. The molecule has 8 nitrogen and oxygen atoms in total. The van der Waals surface area contributed by atoms with Gasteiger partial charge in [0.15, 0.2) is 5.84 Å². The van der Waals surface area contributed by atoms with Gasteiger partial charge in [0.1, 0.15) is 5.82 Å². The first kappa shape index (κ1) is 13.7.